The summed E-state index contributed by atoms with van der Waals surface area (Å²) < 4.78 is 0. The quantitative estimate of drug-likeness (QED) is 0.760. The van der Waals surface area contributed by atoms with Gasteiger partial charge in [-0.25, -0.2) is 9.97 Å². The summed E-state index contributed by atoms with van der Waals surface area (Å²) in [5.74, 6) is 1.85. The highest BCUT2D eigenvalue weighted by Gasteiger charge is 2.20. The molecule has 1 aliphatic rings. The van der Waals surface area contributed by atoms with Crippen molar-refractivity contribution in [3.05, 3.63) is 53.7 Å². The third kappa shape index (κ3) is 4.02. The monoisotopic (exact) mass is 353 g/mol. The first-order valence-electron chi connectivity index (χ1n) is 8.81. The Kier molecular flexibility index (Phi) is 4.99. The van der Waals surface area contributed by atoms with Crippen molar-refractivity contribution in [2.75, 3.05) is 13.1 Å². The zero-order valence-electron chi connectivity index (χ0n) is 14.5. The molecule has 1 N–H and O–H groups in total. The van der Waals surface area contributed by atoms with Crippen LogP contribution in [0.2, 0.25) is 0 Å². The van der Waals surface area contributed by atoms with Gasteiger partial charge in [0.05, 0.1) is 11.3 Å². The highest BCUT2D eigenvalue weighted by atomic mass is 32.2. The minimum atomic E-state index is 0.703. The first kappa shape index (κ1) is 16.5. The maximum atomic E-state index is 4.77. The van der Waals surface area contributed by atoms with Crippen LogP contribution in [0.4, 0.5) is 0 Å². The van der Waals surface area contributed by atoms with Crippen LogP contribution in [0, 0.1) is 6.92 Å². The molecule has 3 aromatic rings. The number of benzene rings is 1. The SMILES string of the molecule is Cc1cccc2cnc(CSC3CCN(Cc4ccn[nH]4)CC3)nc12. The van der Waals surface area contributed by atoms with Crippen LogP contribution in [-0.4, -0.2) is 43.4 Å². The Morgan fingerprint density at radius 2 is 2.12 bits per heavy atom. The molecule has 0 bridgehead atoms. The van der Waals surface area contributed by atoms with E-state index in [-0.39, 0.29) is 0 Å². The van der Waals surface area contributed by atoms with Crippen LogP contribution in [0.25, 0.3) is 10.9 Å². The number of para-hydroxylation sites is 1. The van der Waals surface area contributed by atoms with Gasteiger partial charge in [0.1, 0.15) is 5.82 Å². The molecule has 3 heterocycles. The predicted molar refractivity (Wildman–Crippen MR) is 102 cm³/mol. The van der Waals surface area contributed by atoms with Crippen LogP contribution in [-0.2, 0) is 12.3 Å². The average Bonchev–Trinajstić information content (AvgIpc) is 3.15. The van der Waals surface area contributed by atoms with E-state index in [1.54, 1.807) is 0 Å². The smallest absolute Gasteiger partial charge is 0.138 e. The fraction of sp³-hybridized carbons (Fsp3) is 0.421. The van der Waals surface area contributed by atoms with E-state index in [1.165, 1.54) is 24.1 Å². The molecule has 6 heteroatoms. The molecule has 1 aromatic carbocycles. The van der Waals surface area contributed by atoms with Gasteiger partial charge in [-0.1, -0.05) is 18.2 Å². The number of aromatic nitrogens is 4. The fourth-order valence-corrected chi connectivity index (χ4v) is 4.42. The molecule has 4 rings (SSSR count). The van der Waals surface area contributed by atoms with E-state index in [1.807, 2.05) is 24.2 Å². The minimum Gasteiger partial charge on any atom is -0.297 e. The third-order valence-corrected chi connectivity index (χ3v) is 6.17. The molecule has 0 radical (unpaired) electrons. The van der Waals surface area contributed by atoms with Crippen LogP contribution in [0.1, 0.15) is 29.9 Å². The van der Waals surface area contributed by atoms with Crippen LogP contribution in [0.15, 0.2) is 36.7 Å². The van der Waals surface area contributed by atoms with Crippen molar-refractivity contribution in [3.63, 3.8) is 0 Å². The molecule has 0 saturated carbocycles. The van der Waals surface area contributed by atoms with Crippen molar-refractivity contribution in [1.29, 1.82) is 0 Å². The number of rotatable bonds is 5. The van der Waals surface area contributed by atoms with Gasteiger partial charge in [0.25, 0.3) is 0 Å². The van der Waals surface area contributed by atoms with Crippen LogP contribution < -0.4 is 0 Å². The maximum absolute atomic E-state index is 4.77. The number of fused-ring (bicyclic) bond motifs is 1. The number of piperidine rings is 1. The van der Waals surface area contributed by atoms with Crippen molar-refractivity contribution in [2.45, 2.75) is 37.3 Å². The van der Waals surface area contributed by atoms with Crippen molar-refractivity contribution in [1.82, 2.24) is 25.1 Å². The lowest BCUT2D eigenvalue weighted by Crippen LogP contribution is -2.34. The van der Waals surface area contributed by atoms with Crippen LogP contribution in [0.3, 0.4) is 0 Å². The number of nitrogens with one attached hydrogen (secondary N) is 1. The molecule has 0 amide bonds. The summed E-state index contributed by atoms with van der Waals surface area (Å²) in [7, 11) is 0. The molecule has 1 fully saturated rings. The summed E-state index contributed by atoms with van der Waals surface area (Å²) in [5, 5.41) is 8.90. The second-order valence-electron chi connectivity index (χ2n) is 6.67. The number of nitrogens with zero attached hydrogens (tertiary/aromatic N) is 4. The summed E-state index contributed by atoms with van der Waals surface area (Å²) >= 11 is 2.00. The van der Waals surface area contributed by atoms with E-state index in [0.717, 1.165) is 42.1 Å². The highest BCUT2D eigenvalue weighted by molar-refractivity contribution is 7.99. The molecule has 2 aromatic heterocycles. The Labute approximate surface area is 152 Å². The summed E-state index contributed by atoms with van der Waals surface area (Å²) in [4.78, 5) is 11.8. The van der Waals surface area contributed by atoms with E-state index >= 15 is 0 Å². The van der Waals surface area contributed by atoms with E-state index in [4.69, 9.17) is 4.98 Å². The van der Waals surface area contributed by atoms with Gasteiger partial charge in [-0.05, 0) is 44.5 Å². The number of H-pyrrole nitrogens is 1. The van der Waals surface area contributed by atoms with Gasteiger partial charge in [0.15, 0.2) is 0 Å². The number of hydrogen-bond acceptors (Lipinski definition) is 5. The minimum absolute atomic E-state index is 0.703. The third-order valence-electron chi connectivity index (χ3n) is 4.80. The molecule has 0 unspecified atom stereocenters. The molecule has 130 valence electrons. The first-order chi connectivity index (χ1) is 12.3. The second kappa shape index (κ2) is 7.54. The molecule has 5 nitrogen and oxygen atoms in total. The Hall–Kier alpha value is -1.92. The molecule has 0 aliphatic carbocycles. The maximum Gasteiger partial charge on any atom is 0.138 e. The molecule has 25 heavy (non-hydrogen) atoms. The average molecular weight is 353 g/mol. The van der Waals surface area contributed by atoms with Gasteiger partial charge < -0.3 is 0 Å². The van der Waals surface area contributed by atoms with E-state index < -0.39 is 0 Å². The van der Waals surface area contributed by atoms with Gasteiger partial charge in [-0.3, -0.25) is 10.00 Å². The van der Waals surface area contributed by atoms with Crippen molar-refractivity contribution >= 4 is 22.7 Å². The Morgan fingerprint density at radius 3 is 2.92 bits per heavy atom. The zero-order valence-corrected chi connectivity index (χ0v) is 15.3. The van der Waals surface area contributed by atoms with Gasteiger partial charge in [-0.2, -0.15) is 16.9 Å². The predicted octanol–water partition coefficient (Wildman–Crippen LogP) is 3.56. The molecule has 0 spiro atoms. The van der Waals surface area contributed by atoms with Gasteiger partial charge >= 0.3 is 0 Å². The van der Waals surface area contributed by atoms with Crippen LogP contribution >= 0.6 is 11.8 Å². The lowest BCUT2D eigenvalue weighted by atomic mass is 10.1. The largest absolute Gasteiger partial charge is 0.297 e. The Morgan fingerprint density at radius 1 is 1.24 bits per heavy atom. The zero-order chi connectivity index (χ0) is 17.1. The molecule has 1 saturated heterocycles. The van der Waals surface area contributed by atoms with Crippen molar-refractivity contribution in [3.8, 4) is 0 Å². The first-order valence-corrected chi connectivity index (χ1v) is 9.86. The lowest BCUT2D eigenvalue weighted by molar-refractivity contribution is 0.222. The standard InChI is InChI=1S/C19H23N5S/c1-14-3-2-4-15-11-20-18(22-19(14)15)13-25-17-6-9-24(10-7-17)12-16-5-8-21-23-16/h2-5,8,11,17H,6-7,9-10,12-13H2,1H3,(H,21,23). The molecule has 0 atom stereocenters. The number of likely N-dealkylation sites (tertiary alicyclic amines) is 1. The van der Waals surface area contributed by atoms with Gasteiger partial charge in [0, 0.05) is 35.3 Å². The number of thioether (sulfide) groups is 1. The van der Waals surface area contributed by atoms with E-state index in [9.17, 15) is 0 Å². The summed E-state index contributed by atoms with van der Waals surface area (Å²) in [5.41, 5.74) is 3.51. The number of aryl methyl sites for hydroxylation is 1. The summed E-state index contributed by atoms with van der Waals surface area (Å²) in [6.45, 7) is 5.38. The van der Waals surface area contributed by atoms with Gasteiger partial charge in [-0.15, -0.1) is 0 Å². The van der Waals surface area contributed by atoms with Crippen molar-refractivity contribution < 1.29 is 0 Å². The molecular weight excluding hydrogens is 330 g/mol. The van der Waals surface area contributed by atoms with E-state index in [2.05, 4.69) is 51.3 Å². The van der Waals surface area contributed by atoms with Crippen molar-refractivity contribution in [2.24, 2.45) is 0 Å². The summed E-state index contributed by atoms with van der Waals surface area (Å²) in [6.07, 6.45) is 6.23. The number of hydrogen-bond donors (Lipinski definition) is 1. The Balaban J connectivity index is 1.30. The highest BCUT2D eigenvalue weighted by Crippen LogP contribution is 2.27. The fourth-order valence-electron chi connectivity index (χ4n) is 3.35. The number of aromatic amines is 1. The lowest BCUT2D eigenvalue weighted by Gasteiger charge is -2.31. The second-order valence-corrected chi connectivity index (χ2v) is 7.96. The Bertz CT molecular complexity index is 825. The molecular formula is C19H23N5S. The van der Waals surface area contributed by atoms with E-state index in [0.29, 0.717) is 5.25 Å². The summed E-state index contributed by atoms with van der Waals surface area (Å²) in [6, 6.07) is 8.31. The topological polar surface area (TPSA) is 57.7 Å². The van der Waals surface area contributed by atoms with Gasteiger partial charge in [0.2, 0.25) is 0 Å². The molecule has 1 aliphatic heterocycles. The van der Waals surface area contributed by atoms with Crippen LogP contribution in [0.5, 0.6) is 0 Å². The normalized spacial score (nSPS) is 16.5.